The summed E-state index contributed by atoms with van der Waals surface area (Å²) in [6, 6.07) is 15.6. The van der Waals surface area contributed by atoms with Gasteiger partial charge in [-0.25, -0.2) is 0 Å². The summed E-state index contributed by atoms with van der Waals surface area (Å²) in [6.45, 7) is 0.493. The molecule has 0 spiro atoms. The van der Waals surface area contributed by atoms with Gasteiger partial charge >= 0.3 is 0 Å². The second kappa shape index (κ2) is 5.98. The van der Waals surface area contributed by atoms with Crippen LogP contribution in [0.4, 0.5) is 0 Å². The summed E-state index contributed by atoms with van der Waals surface area (Å²) in [7, 11) is 0. The number of nitrogens with two attached hydrogens (primary N) is 1. The fraction of sp³-hybridized carbons (Fsp3) is 0.0714. The molecule has 18 heavy (non-hydrogen) atoms. The third-order valence-corrected chi connectivity index (χ3v) is 3.16. The van der Waals surface area contributed by atoms with E-state index in [-0.39, 0.29) is 0 Å². The van der Waals surface area contributed by atoms with E-state index in [0.29, 0.717) is 17.3 Å². The Morgan fingerprint density at radius 2 is 1.89 bits per heavy atom. The smallest absolute Gasteiger partial charge is 0.131 e. The fourth-order valence-corrected chi connectivity index (χ4v) is 2.06. The first-order valence-electron chi connectivity index (χ1n) is 5.43. The van der Waals surface area contributed by atoms with Gasteiger partial charge in [-0.1, -0.05) is 58.5 Å². The molecule has 0 heterocycles. The Kier molecular flexibility index (Phi) is 4.33. The van der Waals surface area contributed by atoms with Gasteiger partial charge in [0.1, 0.15) is 17.3 Å². The molecule has 0 bridgehead atoms. The van der Waals surface area contributed by atoms with Crippen LogP contribution in [0.25, 0.3) is 0 Å². The largest absolute Gasteiger partial charge is 0.488 e. The second-order valence-electron chi connectivity index (χ2n) is 3.78. The van der Waals surface area contributed by atoms with Crippen molar-refractivity contribution in [2.45, 2.75) is 6.61 Å². The molecule has 0 aliphatic rings. The minimum Gasteiger partial charge on any atom is -0.488 e. The Labute approximate surface area is 120 Å². The minimum atomic E-state index is 0.338. The zero-order valence-corrected chi connectivity index (χ0v) is 12.0. The predicted molar refractivity (Wildman–Crippen MR) is 80.8 cm³/mol. The van der Waals surface area contributed by atoms with E-state index in [1.165, 1.54) is 0 Å². The van der Waals surface area contributed by atoms with E-state index in [2.05, 4.69) is 15.9 Å². The Morgan fingerprint density at radius 1 is 1.17 bits per heavy atom. The van der Waals surface area contributed by atoms with Gasteiger partial charge in [0.2, 0.25) is 0 Å². The standard InChI is InChI=1S/C14H12BrNOS/c15-11-6-7-12(14(16)18)13(8-11)17-9-10-4-2-1-3-5-10/h1-8H,9H2,(H2,16,18). The van der Waals surface area contributed by atoms with Crippen LogP contribution in [-0.2, 0) is 6.61 Å². The zero-order valence-electron chi connectivity index (χ0n) is 9.60. The summed E-state index contributed by atoms with van der Waals surface area (Å²) < 4.78 is 6.70. The zero-order chi connectivity index (χ0) is 13.0. The summed E-state index contributed by atoms with van der Waals surface area (Å²) in [6.07, 6.45) is 0. The molecule has 0 atom stereocenters. The summed E-state index contributed by atoms with van der Waals surface area (Å²) >= 11 is 8.41. The molecule has 4 heteroatoms. The van der Waals surface area contributed by atoms with Crippen LogP contribution >= 0.6 is 28.1 Å². The van der Waals surface area contributed by atoms with Gasteiger partial charge in [-0.15, -0.1) is 0 Å². The highest BCUT2D eigenvalue weighted by atomic mass is 79.9. The Hall–Kier alpha value is -1.39. The van der Waals surface area contributed by atoms with Crippen LogP contribution in [-0.4, -0.2) is 4.99 Å². The lowest BCUT2D eigenvalue weighted by molar-refractivity contribution is 0.305. The molecule has 0 saturated carbocycles. The molecule has 0 amide bonds. The van der Waals surface area contributed by atoms with Crippen molar-refractivity contribution in [1.29, 1.82) is 0 Å². The SMILES string of the molecule is NC(=S)c1ccc(Br)cc1OCc1ccccc1. The average molecular weight is 322 g/mol. The lowest BCUT2D eigenvalue weighted by Crippen LogP contribution is -2.11. The van der Waals surface area contributed by atoms with Crippen molar-refractivity contribution in [3.05, 3.63) is 64.1 Å². The molecule has 2 N–H and O–H groups in total. The maximum atomic E-state index is 5.77. The van der Waals surface area contributed by atoms with Crippen LogP contribution in [0.3, 0.4) is 0 Å². The fourth-order valence-electron chi connectivity index (χ4n) is 1.55. The molecule has 0 aromatic heterocycles. The highest BCUT2D eigenvalue weighted by Crippen LogP contribution is 2.24. The van der Waals surface area contributed by atoms with Gasteiger partial charge in [0.15, 0.2) is 0 Å². The predicted octanol–water partition coefficient (Wildman–Crippen LogP) is 3.66. The summed E-state index contributed by atoms with van der Waals surface area (Å²) in [5.74, 6) is 0.695. The monoisotopic (exact) mass is 321 g/mol. The van der Waals surface area contributed by atoms with Gasteiger partial charge < -0.3 is 10.5 Å². The van der Waals surface area contributed by atoms with Gasteiger partial charge in [0.25, 0.3) is 0 Å². The van der Waals surface area contributed by atoms with Crippen molar-refractivity contribution >= 4 is 33.1 Å². The maximum absolute atomic E-state index is 5.77. The summed E-state index contributed by atoms with van der Waals surface area (Å²) in [4.78, 5) is 0.338. The van der Waals surface area contributed by atoms with Crippen molar-refractivity contribution in [2.24, 2.45) is 5.73 Å². The third kappa shape index (κ3) is 3.31. The Bertz CT molecular complexity index is 557. The van der Waals surface area contributed by atoms with Gasteiger partial charge in [-0.2, -0.15) is 0 Å². The quantitative estimate of drug-likeness (QED) is 0.873. The molecule has 2 nitrogen and oxygen atoms in total. The number of ether oxygens (including phenoxy) is 1. The minimum absolute atomic E-state index is 0.338. The molecular weight excluding hydrogens is 310 g/mol. The molecule has 2 rings (SSSR count). The highest BCUT2D eigenvalue weighted by molar-refractivity contribution is 9.10. The van der Waals surface area contributed by atoms with Gasteiger partial charge in [0.05, 0.1) is 5.56 Å². The molecule has 0 aliphatic carbocycles. The topological polar surface area (TPSA) is 35.2 Å². The highest BCUT2D eigenvalue weighted by Gasteiger charge is 2.07. The van der Waals surface area contributed by atoms with Crippen molar-refractivity contribution in [3.63, 3.8) is 0 Å². The molecular formula is C14H12BrNOS. The Balaban J connectivity index is 2.18. The van der Waals surface area contributed by atoms with Crippen molar-refractivity contribution in [1.82, 2.24) is 0 Å². The number of benzene rings is 2. The van der Waals surface area contributed by atoms with E-state index >= 15 is 0 Å². The van der Waals surface area contributed by atoms with E-state index in [0.717, 1.165) is 15.6 Å². The number of rotatable bonds is 4. The Morgan fingerprint density at radius 3 is 2.56 bits per heavy atom. The van der Waals surface area contributed by atoms with Crippen molar-refractivity contribution in [2.75, 3.05) is 0 Å². The average Bonchev–Trinajstić information content (AvgIpc) is 2.37. The lowest BCUT2D eigenvalue weighted by Gasteiger charge is -2.11. The van der Waals surface area contributed by atoms with Crippen LogP contribution < -0.4 is 10.5 Å². The molecule has 0 saturated heterocycles. The van der Waals surface area contributed by atoms with Crippen molar-refractivity contribution in [3.8, 4) is 5.75 Å². The number of hydrogen-bond acceptors (Lipinski definition) is 2. The first-order valence-corrected chi connectivity index (χ1v) is 6.63. The van der Waals surface area contributed by atoms with E-state index < -0.39 is 0 Å². The summed E-state index contributed by atoms with van der Waals surface area (Å²) in [5.41, 5.74) is 7.53. The molecule has 0 radical (unpaired) electrons. The van der Waals surface area contributed by atoms with Gasteiger partial charge in [-0.3, -0.25) is 0 Å². The third-order valence-electron chi connectivity index (χ3n) is 2.45. The van der Waals surface area contributed by atoms with E-state index in [1.54, 1.807) is 0 Å². The van der Waals surface area contributed by atoms with Crippen LogP contribution in [0, 0.1) is 0 Å². The van der Waals surface area contributed by atoms with Gasteiger partial charge in [-0.05, 0) is 23.8 Å². The summed E-state index contributed by atoms with van der Waals surface area (Å²) in [5, 5.41) is 0. The number of hydrogen-bond donors (Lipinski definition) is 1. The van der Waals surface area contributed by atoms with Crippen molar-refractivity contribution < 1.29 is 4.74 Å². The van der Waals surface area contributed by atoms with Crippen LogP contribution in [0.15, 0.2) is 53.0 Å². The lowest BCUT2D eigenvalue weighted by atomic mass is 10.2. The maximum Gasteiger partial charge on any atom is 0.131 e. The van der Waals surface area contributed by atoms with Gasteiger partial charge in [0, 0.05) is 4.47 Å². The molecule has 0 aliphatic heterocycles. The molecule has 92 valence electrons. The molecule has 0 fully saturated rings. The van der Waals surface area contributed by atoms with E-state index in [1.807, 2.05) is 48.5 Å². The first kappa shape index (κ1) is 13.1. The van der Waals surface area contributed by atoms with E-state index in [4.69, 9.17) is 22.7 Å². The second-order valence-corrected chi connectivity index (χ2v) is 5.13. The number of thiocarbonyl (C=S) groups is 1. The normalized spacial score (nSPS) is 10.1. The number of halogens is 1. The van der Waals surface area contributed by atoms with Crippen LogP contribution in [0.5, 0.6) is 5.75 Å². The molecule has 2 aromatic carbocycles. The molecule has 0 unspecified atom stereocenters. The first-order chi connectivity index (χ1) is 8.66. The van der Waals surface area contributed by atoms with Crippen LogP contribution in [0.2, 0.25) is 0 Å². The molecule has 2 aromatic rings. The van der Waals surface area contributed by atoms with Crippen LogP contribution in [0.1, 0.15) is 11.1 Å². The van der Waals surface area contributed by atoms with E-state index in [9.17, 15) is 0 Å².